The lowest BCUT2D eigenvalue weighted by atomic mass is 9.96. The number of carbonyl (C=O) groups is 1. The first-order valence-electron chi connectivity index (χ1n) is 6.15. The van der Waals surface area contributed by atoms with Gasteiger partial charge in [0.15, 0.2) is 0 Å². The Hall–Kier alpha value is -1.69. The largest absolute Gasteiger partial charge is 0.467 e. The Morgan fingerprint density at radius 2 is 2.32 bits per heavy atom. The number of rotatable bonds is 5. The van der Waals surface area contributed by atoms with Crippen molar-refractivity contribution in [3.05, 3.63) is 17.8 Å². The van der Waals surface area contributed by atoms with E-state index in [1.165, 1.54) is 13.4 Å². The van der Waals surface area contributed by atoms with Gasteiger partial charge in [-0.2, -0.15) is 0 Å². The number of ether oxygens (including phenoxy) is 1. The molecule has 0 saturated carbocycles. The second-order valence-corrected chi connectivity index (χ2v) is 5.45. The van der Waals surface area contributed by atoms with Crippen molar-refractivity contribution in [2.45, 2.75) is 32.2 Å². The van der Waals surface area contributed by atoms with Gasteiger partial charge in [0.1, 0.15) is 22.5 Å². The van der Waals surface area contributed by atoms with Gasteiger partial charge in [-0.25, -0.2) is 14.8 Å². The van der Waals surface area contributed by atoms with Gasteiger partial charge in [0.05, 0.1) is 12.5 Å². The smallest absolute Gasteiger partial charge is 0.331 e. The Kier molecular flexibility index (Phi) is 3.99. The fraction of sp³-hybridized carbons (Fsp3) is 0.462. The zero-order valence-electron chi connectivity index (χ0n) is 11.3. The van der Waals surface area contributed by atoms with Crippen molar-refractivity contribution in [2.24, 2.45) is 0 Å². The van der Waals surface area contributed by atoms with Crippen molar-refractivity contribution in [3.8, 4) is 0 Å². The molecule has 0 amide bonds. The zero-order valence-corrected chi connectivity index (χ0v) is 12.1. The van der Waals surface area contributed by atoms with Crippen molar-refractivity contribution < 1.29 is 9.53 Å². The van der Waals surface area contributed by atoms with Crippen LogP contribution in [0.15, 0.2) is 17.8 Å². The zero-order chi connectivity index (χ0) is 13.9. The number of hydrogen-bond donors (Lipinski definition) is 1. The van der Waals surface area contributed by atoms with E-state index < -0.39 is 5.54 Å². The highest BCUT2D eigenvalue weighted by Gasteiger charge is 2.34. The number of nitrogens with zero attached hydrogens (tertiary/aromatic N) is 2. The molecule has 0 spiro atoms. The third-order valence-corrected chi connectivity index (χ3v) is 3.86. The summed E-state index contributed by atoms with van der Waals surface area (Å²) in [6.07, 6.45) is 3.05. The first kappa shape index (κ1) is 13.7. The molecular formula is C13H17N3O2S. The van der Waals surface area contributed by atoms with Crippen LogP contribution in [0, 0.1) is 0 Å². The maximum Gasteiger partial charge on any atom is 0.331 e. The molecule has 1 unspecified atom stereocenters. The SMILES string of the molecule is CCCC(C)(Nc1ncnc2sccc12)C(=O)OC. The van der Waals surface area contributed by atoms with E-state index >= 15 is 0 Å². The Morgan fingerprint density at radius 1 is 1.53 bits per heavy atom. The quantitative estimate of drug-likeness (QED) is 0.853. The summed E-state index contributed by atoms with van der Waals surface area (Å²) in [5.41, 5.74) is -0.771. The number of nitrogens with one attached hydrogen (secondary N) is 1. The van der Waals surface area contributed by atoms with Crippen molar-refractivity contribution in [2.75, 3.05) is 12.4 Å². The molecule has 5 nitrogen and oxygen atoms in total. The summed E-state index contributed by atoms with van der Waals surface area (Å²) < 4.78 is 4.89. The van der Waals surface area contributed by atoms with E-state index in [0.717, 1.165) is 16.6 Å². The summed E-state index contributed by atoms with van der Waals surface area (Å²) in [6.45, 7) is 3.87. The minimum atomic E-state index is -0.771. The Labute approximate surface area is 116 Å². The number of anilines is 1. The summed E-state index contributed by atoms with van der Waals surface area (Å²) in [4.78, 5) is 21.3. The minimum Gasteiger partial charge on any atom is -0.467 e. The lowest BCUT2D eigenvalue weighted by molar-refractivity contribution is -0.145. The topological polar surface area (TPSA) is 64.1 Å². The second kappa shape index (κ2) is 5.52. The first-order chi connectivity index (χ1) is 9.10. The van der Waals surface area contributed by atoms with Crippen LogP contribution in [0.25, 0.3) is 10.2 Å². The maximum absolute atomic E-state index is 12.0. The fourth-order valence-electron chi connectivity index (χ4n) is 2.09. The third-order valence-electron chi connectivity index (χ3n) is 3.04. The minimum absolute atomic E-state index is 0.281. The lowest BCUT2D eigenvalue weighted by Crippen LogP contribution is -2.44. The number of methoxy groups -OCH3 is 1. The van der Waals surface area contributed by atoms with Crippen LogP contribution < -0.4 is 5.32 Å². The molecule has 1 N–H and O–H groups in total. The molecule has 0 aliphatic heterocycles. The predicted octanol–water partition coefficient (Wildman–Crippen LogP) is 2.84. The molecule has 2 heterocycles. The van der Waals surface area contributed by atoms with E-state index in [0.29, 0.717) is 12.2 Å². The summed E-state index contributed by atoms with van der Waals surface area (Å²) in [7, 11) is 1.40. The molecule has 0 aliphatic rings. The molecule has 2 aromatic rings. The van der Waals surface area contributed by atoms with E-state index in [-0.39, 0.29) is 5.97 Å². The molecule has 0 aliphatic carbocycles. The Balaban J connectivity index is 2.36. The standard InChI is InChI=1S/C13H17N3O2S/c1-4-6-13(2,12(17)18-3)16-10-9-5-7-19-11(9)15-8-14-10/h5,7-8H,4,6H2,1-3H3,(H,14,15,16). The molecule has 0 fully saturated rings. The van der Waals surface area contributed by atoms with Gasteiger partial charge in [-0.3, -0.25) is 0 Å². The van der Waals surface area contributed by atoms with E-state index in [9.17, 15) is 4.79 Å². The number of esters is 1. The molecule has 2 rings (SSSR count). The molecule has 1 atom stereocenters. The van der Waals surface area contributed by atoms with E-state index in [2.05, 4.69) is 15.3 Å². The van der Waals surface area contributed by atoms with Crippen molar-refractivity contribution >= 4 is 33.3 Å². The van der Waals surface area contributed by atoms with Crippen molar-refractivity contribution in [1.82, 2.24) is 9.97 Å². The van der Waals surface area contributed by atoms with Crippen LogP contribution in [0.5, 0.6) is 0 Å². The first-order valence-corrected chi connectivity index (χ1v) is 7.03. The summed E-state index contributed by atoms with van der Waals surface area (Å²) in [5.74, 6) is 0.393. The van der Waals surface area contributed by atoms with Crippen LogP contribution in [0.4, 0.5) is 5.82 Å². The second-order valence-electron chi connectivity index (χ2n) is 4.56. The molecular weight excluding hydrogens is 262 g/mol. The van der Waals surface area contributed by atoms with Crippen LogP contribution in [0.3, 0.4) is 0 Å². The highest BCUT2D eigenvalue weighted by atomic mass is 32.1. The average molecular weight is 279 g/mol. The van der Waals surface area contributed by atoms with Gasteiger partial charge in [-0.1, -0.05) is 13.3 Å². The summed E-state index contributed by atoms with van der Waals surface area (Å²) in [6, 6.07) is 1.95. The highest BCUT2D eigenvalue weighted by Crippen LogP contribution is 2.28. The number of thiophene rings is 1. The van der Waals surface area contributed by atoms with Gasteiger partial charge >= 0.3 is 5.97 Å². The van der Waals surface area contributed by atoms with Crippen LogP contribution in [0.1, 0.15) is 26.7 Å². The molecule has 2 aromatic heterocycles. The van der Waals surface area contributed by atoms with E-state index in [1.54, 1.807) is 11.3 Å². The van der Waals surface area contributed by atoms with Gasteiger partial charge in [0, 0.05) is 0 Å². The van der Waals surface area contributed by atoms with E-state index in [4.69, 9.17) is 4.74 Å². The normalized spacial score (nSPS) is 14.1. The highest BCUT2D eigenvalue weighted by molar-refractivity contribution is 7.16. The molecule has 6 heteroatoms. The van der Waals surface area contributed by atoms with Gasteiger partial charge in [-0.05, 0) is 24.8 Å². The lowest BCUT2D eigenvalue weighted by Gasteiger charge is -2.28. The fourth-order valence-corrected chi connectivity index (χ4v) is 2.82. The summed E-state index contributed by atoms with van der Waals surface area (Å²) >= 11 is 1.55. The van der Waals surface area contributed by atoms with Crippen LogP contribution in [0.2, 0.25) is 0 Å². The Bertz CT molecular complexity index is 584. The van der Waals surface area contributed by atoms with Crippen LogP contribution >= 0.6 is 11.3 Å². The van der Waals surface area contributed by atoms with Gasteiger partial charge in [-0.15, -0.1) is 11.3 Å². The molecule has 19 heavy (non-hydrogen) atoms. The van der Waals surface area contributed by atoms with E-state index in [1.807, 2.05) is 25.3 Å². The van der Waals surface area contributed by atoms with Crippen LogP contribution in [-0.2, 0) is 9.53 Å². The van der Waals surface area contributed by atoms with Crippen LogP contribution in [-0.4, -0.2) is 28.6 Å². The third kappa shape index (κ3) is 2.68. The number of carbonyl (C=O) groups excluding carboxylic acids is 1. The average Bonchev–Trinajstić information content (AvgIpc) is 2.87. The van der Waals surface area contributed by atoms with Gasteiger partial charge in [0.2, 0.25) is 0 Å². The molecule has 0 aromatic carbocycles. The van der Waals surface area contributed by atoms with Crippen molar-refractivity contribution in [1.29, 1.82) is 0 Å². The number of hydrogen-bond acceptors (Lipinski definition) is 6. The maximum atomic E-state index is 12.0. The summed E-state index contributed by atoms with van der Waals surface area (Å²) in [5, 5.41) is 6.10. The molecule has 102 valence electrons. The molecule has 0 saturated heterocycles. The van der Waals surface area contributed by atoms with Crippen molar-refractivity contribution in [3.63, 3.8) is 0 Å². The number of fused-ring (bicyclic) bond motifs is 1. The molecule has 0 radical (unpaired) electrons. The predicted molar refractivity (Wildman–Crippen MR) is 76.4 cm³/mol. The monoisotopic (exact) mass is 279 g/mol. The molecule has 0 bridgehead atoms. The van der Waals surface area contributed by atoms with Gasteiger partial charge < -0.3 is 10.1 Å². The number of aromatic nitrogens is 2. The van der Waals surface area contributed by atoms with Gasteiger partial charge in [0.25, 0.3) is 0 Å². The Morgan fingerprint density at radius 3 is 3.00 bits per heavy atom.